The topological polar surface area (TPSA) is 67.8 Å². The highest BCUT2D eigenvalue weighted by atomic mass is 35.5. The molecule has 2 aromatic rings. The molecular formula is C19H14Cl2N2O3S. The van der Waals surface area contributed by atoms with Crippen LogP contribution in [0.3, 0.4) is 0 Å². The number of carbonyl (C=O) groups excluding carboxylic acids is 2. The molecule has 0 unspecified atom stereocenters. The highest BCUT2D eigenvalue weighted by Gasteiger charge is 2.22. The molecule has 1 heterocycles. The first kappa shape index (κ1) is 19.5. The zero-order valence-electron chi connectivity index (χ0n) is 14.2. The summed E-state index contributed by atoms with van der Waals surface area (Å²) in [6.45, 7) is 1.72. The van der Waals surface area contributed by atoms with Crippen molar-refractivity contribution >= 4 is 58.0 Å². The van der Waals surface area contributed by atoms with Crippen molar-refractivity contribution in [2.75, 3.05) is 0 Å². The van der Waals surface area contributed by atoms with Crippen LogP contribution in [0.4, 0.5) is 0 Å². The lowest BCUT2D eigenvalue weighted by atomic mass is 10.2. The summed E-state index contributed by atoms with van der Waals surface area (Å²) in [5.74, 6) is -0.141. The normalized spacial score (nSPS) is 15.0. The number of carbonyl (C=O) groups is 2. The number of halogens is 2. The molecule has 0 fully saturated rings. The van der Waals surface area contributed by atoms with Gasteiger partial charge in [-0.3, -0.25) is 9.59 Å². The molecule has 1 aliphatic heterocycles. The second-order valence-electron chi connectivity index (χ2n) is 5.62. The number of aliphatic imine (C=N–C) groups is 1. The summed E-state index contributed by atoms with van der Waals surface area (Å²) < 4.78 is 5.73. The Morgan fingerprint density at radius 1 is 1.22 bits per heavy atom. The predicted octanol–water partition coefficient (Wildman–Crippen LogP) is 4.68. The summed E-state index contributed by atoms with van der Waals surface area (Å²) >= 11 is 13.3. The van der Waals surface area contributed by atoms with Gasteiger partial charge in [0.1, 0.15) is 12.4 Å². The highest BCUT2D eigenvalue weighted by molar-refractivity contribution is 8.18. The van der Waals surface area contributed by atoms with Crippen LogP contribution in [0.1, 0.15) is 18.1 Å². The molecule has 2 amide bonds. The van der Waals surface area contributed by atoms with Crippen molar-refractivity contribution in [3.05, 3.63) is 68.5 Å². The lowest BCUT2D eigenvalue weighted by Gasteiger charge is -2.09. The van der Waals surface area contributed by atoms with E-state index in [1.165, 1.54) is 6.92 Å². The minimum Gasteiger partial charge on any atom is -0.487 e. The zero-order valence-corrected chi connectivity index (χ0v) is 16.5. The fraction of sp³-hybridized carbons (Fsp3) is 0.105. The van der Waals surface area contributed by atoms with Crippen molar-refractivity contribution in [2.24, 2.45) is 4.99 Å². The molecule has 5 nitrogen and oxygen atoms in total. The van der Waals surface area contributed by atoms with Crippen LogP contribution in [-0.2, 0) is 16.2 Å². The van der Waals surface area contributed by atoms with Crippen LogP contribution in [0, 0.1) is 0 Å². The Bertz CT molecular complexity index is 956. The van der Waals surface area contributed by atoms with E-state index in [4.69, 9.17) is 27.9 Å². The summed E-state index contributed by atoms with van der Waals surface area (Å²) in [4.78, 5) is 27.2. The van der Waals surface area contributed by atoms with Gasteiger partial charge < -0.3 is 10.1 Å². The van der Waals surface area contributed by atoms with Gasteiger partial charge in [-0.05, 0) is 53.2 Å². The van der Waals surface area contributed by atoms with Crippen LogP contribution in [-0.4, -0.2) is 17.0 Å². The molecule has 27 heavy (non-hydrogen) atoms. The first-order chi connectivity index (χ1) is 12.9. The maximum absolute atomic E-state index is 11.9. The van der Waals surface area contributed by atoms with Crippen LogP contribution in [0.15, 0.2) is 52.4 Å². The number of hydrogen-bond acceptors (Lipinski definition) is 4. The van der Waals surface area contributed by atoms with Crippen LogP contribution in [0.25, 0.3) is 6.08 Å². The second-order valence-corrected chi connectivity index (χ2v) is 7.49. The van der Waals surface area contributed by atoms with Crippen LogP contribution in [0.2, 0.25) is 10.0 Å². The minimum atomic E-state index is -0.400. The molecule has 1 aliphatic rings. The van der Waals surface area contributed by atoms with E-state index in [2.05, 4.69) is 10.3 Å². The molecule has 0 aromatic heterocycles. The van der Waals surface area contributed by atoms with Crippen molar-refractivity contribution in [1.29, 1.82) is 0 Å². The summed E-state index contributed by atoms with van der Waals surface area (Å²) in [7, 11) is 0. The van der Waals surface area contributed by atoms with E-state index in [-0.39, 0.29) is 11.1 Å². The third-order valence-corrected chi connectivity index (χ3v) is 4.91. The molecule has 3 rings (SSSR count). The highest BCUT2D eigenvalue weighted by Crippen LogP contribution is 2.31. The van der Waals surface area contributed by atoms with E-state index in [1.807, 2.05) is 12.1 Å². The summed E-state index contributed by atoms with van der Waals surface area (Å²) in [6, 6.07) is 12.6. The van der Waals surface area contributed by atoms with Gasteiger partial charge in [-0.1, -0.05) is 41.4 Å². The zero-order chi connectivity index (χ0) is 19.4. The van der Waals surface area contributed by atoms with Crippen molar-refractivity contribution in [3.63, 3.8) is 0 Å². The van der Waals surface area contributed by atoms with E-state index in [9.17, 15) is 9.59 Å². The number of hydrogen-bond donors (Lipinski definition) is 1. The van der Waals surface area contributed by atoms with Gasteiger partial charge in [0.05, 0.1) is 9.93 Å². The molecule has 8 heteroatoms. The van der Waals surface area contributed by atoms with Crippen LogP contribution >= 0.6 is 35.0 Å². The van der Waals surface area contributed by atoms with Gasteiger partial charge in [-0.2, -0.15) is 4.99 Å². The van der Waals surface area contributed by atoms with Gasteiger partial charge in [-0.15, -0.1) is 0 Å². The average molecular weight is 421 g/mol. The van der Waals surface area contributed by atoms with Gasteiger partial charge in [0.2, 0.25) is 5.91 Å². The van der Waals surface area contributed by atoms with E-state index >= 15 is 0 Å². The molecule has 0 spiro atoms. The second kappa shape index (κ2) is 8.61. The molecule has 0 saturated heterocycles. The average Bonchev–Trinajstić information content (AvgIpc) is 2.94. The standard InChI is InChI=1S/C19H14Cl2N2O3S/c1-11(24)22-19-23-18(25)17(27-19)9-13-4-7-16(15(21)8-13)26-10-12-2-5-14(20)6-3-12/h2-9H,10H2,1H3,(H,22,23,24,25)/b17-9-. The maximum atomic E-state index is 11.9. The number of ether oxygens (including phenoxy) is 1. The summed E-state index contributed by atoms with van der Waals surface area (Å²) in [6.07, 6.45) is 1.67. The van der Waals surface area contributed by atoms with E-state index in [0.29, 0.717) is 27.3 Å². The third kappa shape index (κ3) is 5.35. The summed E-state index contributed by atoms with van der Waals surface area (Å²) in [5.41, 5.74) is 1.70. The molecule has 0 saturated carbocycles. The SMILES string of the molecule is CC(=O)NC1=NC(=O)/C(=C/c2ccc(OCc3ccc(Cl)cc3)c(Cl)c2)S1. The Balaban J connectivity index is 1.67. The fourth-order valence-corrected chi connectivity index (χ4v) is 3.46. The molecule has 0 radical (unpaired) electrons. The number of nitrogens with one attached hydrogen (secondary N) is 1. The van der Waals surface area contributed by atoms with Crippen molar-refractivity contribution in [3.8, 4) is 5.75 Å². The van der Waals surface area contributed by atoms with Crippen molar-refractivity contribution in [1.82, 2.24) is 5.32 Å². The molecule has 2 aromatic carbocycles. The number of thioether (sulfide) groups is 1. The van der Waals surface area contributed by atoms with Gasteiger partial charge in [0, 0.05) is 11.9 Å². The van der Waals surface area contributed by atoms with Crippen molar-refractivity contribution < 1.29 is 14.3 Å². The first-order valence-corrected chi connectivity index (χ1v) is 9.45. The van der Waals surface area contributed by atoms with Gasteiger partial charge in [0.25, 0.3) is 5.91 Å². The first-order valence-electron chi connectivity index (χ1n) is 7.87. The Morgan fingerprint density at radius 3 is 2.63 bits per heavy atom. The van der Waals surface area contributed by atoms with Gasteiger partial charge in [-0.25, -0.2) is 0 Å². The van der Waals surface area contributed by atoms with E-state index < -0.39 is 5.91 Å². The smallest absolute Gasteiger partial charge is 0.286 e. The Hall–Kier alpha value is -2.28. The molecule has 0 bridgehead atoms. The Morgan fingerprint density at radius 2 is 1.96 bits per heavy atom. The largest absolute Gasteiger partial charge is 0.487 e. The third-order valence-electron chi connectivity index (χ3n) is 3.46. The lowest BCUT2D eigenvalue weighted by molar-refractivity contribution is -0.117. The van der Waals surface area contributed by atoms with Crippen LogP contribution in [0.5, 0.6) is 5.75 Å². The fourth-order valence-electron chi connectivity index (χ4n) is 2.23. The van der Waals surface area contributed by atoms with Crippen LogP contribution < -0.4 is 10.1 Å². The Kier molecular flexibility index (Phi) is 6.21. The number of amidine groups is 1. The molecule has 0 aliphatic carbocycles. The lowest BCUT2D eigenvalue weighted by Crippen LogP contribution is -2.23. The molecule has 138 valence electrons. The number of nitrogens with zero attached hydrogens (tertiary/aromatic N) is 1. The quantitative estimate of drug-likeness (QED) is 0.729. The minimum absolute atomic E-state index is 0.271. The number of amides is 2. The van der Waals surface area contributed by atoms with Gasteiger partial charge in [0.15, 0.2) is 5.17 Å². The van der Waals surface area contributed by atoms with Gasteiger partial charge >= 0.3 is 0 Å². The van der Waals surface area contributed by atoms with E-state index in [1.54, 1.807) is 36.4 Å². The Labute approximate surface area is 170 Å². The molecule has 1 N–H and O–H groups in total. The number of benzene rings is 2. The maximum Gasteiger partial charge on any atom is 0.286 e. The monoisotopic (exact) mass is 420 g/mol. The number of rotatable bonds is 4. The van der Waals surface area contributed by atoms with Crippen molar-refractivity contribution in [2.45, 2.75) is 13.5 Å². The molecule has 0 atom stereocenters. The van der Waals surface area contributed by atoms with E-state index in [0.717, 1.165) is 22.9 Å². The predicted molar refractivity (Wildman–Crippen MR) is 109 cm³/mol. The summed E-state index contributed by atoms with van der Waals surface area (Å²) in [5, 5.41) is 3.87. The molecular weight excluding hydrogens is 407 g/mol.